The smallest absolute Gasteiger partial charge is 0.229 e. The third kappa shape index (κ3) is 3.56. The number of nitrogens with one attached hydrogen (secondary N) is 2. The van der Waals surface area contributed by atoms with E-state index in [0.29, 0.717) is 30.6 Å². The molecule has 26 heavy (non-hydrogen) atoms. The number of aromatic nitrogens is 2. The Labute approximate surface area is 152 Å². The van der Waals surface area contributed by atoms with Gasteiger partial charge in [0, 0.05) is 24.7 Å². The molecule has 1 saturated carbocycles. The van der Waals surface area contributed by atoms with Crippen LogP contribution in [0.4, 0.5) is 23.1 Å². The van der Waals surface area contributed by atoms with Crippen molar-refractivity contribution in [3.63, 3.8) is 0 Å². The Hall–Kier alpha value is -2.83. The Morgan fingerprint density at radius 2 is 1.92 bits per heavy atom. The minimum absolute atomic E-state index is 0.00685. The van der Waals surface area contributed by atoms with Gasteiger partial charge in [-0.2, -0.15) is 4.98 Å². The lowest BCUT2D eigenvalue weighted by molar-refractivity contribution is -0.116. The van der Waals surface area contributed by atoms with Crippen molar-refractivity contribution in [2.24, 2.45) is 0 Å². The molecule has 0 unspecified atom stereocenters. The van der Waals surface area contributed by atoms with Crippen molar-refractivity contribution >= 4 is 29.0 Å². The first kappa shape index (κ1) is 16.6. The number of carbonyl (C=O) groups is 1. The highest BCUT2D eigenvalue weighted by Crippen LogP contribution is 2.33. The van der Waals surface area contributed by atoms with Crippen molar-refractivity contribution in [3.05, 3.63) is 30.5 Å². The number of amides is 1. The molecule has 136 valence electrons. The number of fused-ring (bicyclic) bond motifs is 1. The van der Waals surface area contributed by atoms with E-state index >= 15 is 0 Å². The van der Waals surface area contributed by atoms with Gasteiger partial charge in [0.15, 0.2) is 5.82 Å². The number of aromatic hydroxyl groups is 1. The molecule has 1 amide bonds. The van der Waals surface area contributed by atoms with Gasteiger partial charge in [-0.1, -0.05) is 19.3 Å². The van der Waals surface area contributed by atoms with Crippen LogP contribution in [0.2, 0.25) is 0 Å². The van der Waals surface area contributed by atoms with Gasteiger partial charge in [0.25, 0.3) is 0 Å². The number of anilines is 4. The molecule has 1 aromatic carbocycles. The Bertz CT molecular complexity index is 787. The molecule has 1 aromatic heterocycles. The van der Waals surface area contributed by atoms with Crippen molar-refractivity contribution < 1.29 is 9.90 Å². The summed E-state index contributed by atoms with van der Waals surface area (Å²) in [5, 5.41) is 15.5. The lowest BCUT2D eigenvalue weighted by Gasteiger charge is -2.34. The number of carbonyl (C=O) groups excluding carboxylic acids is 1. The first-order chi connectivity index (χ1) is 12.7. The predicted octanol–water partition coefficient (Wildman–Crippen LogP) is 3.41. The summed E-state index contributed by atoms with van der Waals surface area (Å²) in [5.41, 5.74) is 1.47. The fraction of sp³-hybridized carbons (Fsp3) is 0.421. The summed E-state index contributed by atoms with van der Waals surface area (Å²) in [6.07, 6.45) is 8.14. The molecule has 1 aliphatic heterocycles. The predicted molar refractivity (Wildman–Crippen MR) is 101 cm³/mol. The Morgan fingerprint density at radius 3 is 2.69 bits per heavy atom. The van der Waals surface area contributed by atoms with Gasteiger partial charge >= 0.3 is 0 Å². The lowest BCUT2D eigenvalue weighted by atomic mass is 9.94. The molecule has 4 rings (SSSR count). The zero-order valence-corrected chi connectivity index (χ0v) is 14.6. The van der Waals surface area contributed by atoms with Crippen LogP contribution < -0.4 is 15.5 Å². The van der Waals surface area contributed by atoms with Crippen LogP contribution in [0.15, 0.2) is 30.5 Å². The Kier molecular flexibility index (Phi) is 4.60. The summed E-state index contributed by atoms with van der Waals surface area (Å²) in [6, 6.07) is 7.18. The fourth-order valence-electron chi connectivity index (χ4n) is 3.70. The highest BCUT2D eigenvalue weighted by molar-refractivity contribution is 5.95. The first-order valence-corrected chi connectivity index (χ1v) is 9.18. The molecule has 0 saturated heterocycles. The zero-order valence-electron chi connectivity index (χ0n) is 14.6. The number of nitrogens with zero attached hydrogens (tertiary/aromatic N) is 3. The van der Waals surface area contributed by atoms with Crippen molar-refractivity contribution in [2.75, 3.05) is 22.1 Å². The molecule has 3 N–H and O–H groups in total. The maximum Gasteiger partial charge on any atom is 0.229 e. The largest absolute Gasteiger partial charge is 0.508 e. The van der Waals surface area contributed by atoms with E-state index in [4.69, 9.17) is 4.98 Å². The van der Waals surface area contributed by atoms with Crippen LogP contribution in [0.3, 0.4) is 0 Å². The van der Waals surface area contributed by atoms with Crippen molar-refractivity contribution in [1.29, 1.82) is 0 Å². The van der Waals surface area contributed by atoms with Gasteiger partial charge in [-0.15, -0.1) is 0 Å². The van der Waals surface area contributed by atoms with E-state index in [1.807, 2.05) is 0 Å². The van der Waals surface area contributed by atoms with Crippen molar-refractivity contribution in [1.82, 2.24) is 9.97 Å². The van der Waals surface area contributed by atoms with E-state index < -0.39 is 0 Å². The average Bonchev–Trinajstić information content (AvgIpc) is 2.82. The topological polar surface area (TPSA) is 90.4 Å². The van der Waals surface area contributed by atoms with Gasteiger partial charge in [-0.25, -0.2) is 4.98 Å². The minimum Gasteiger partial charge on any atom is -0.508 e. The van der Waals surface area contributed by atoms with Gasteiger partial charge in [0.1, 0.15) is 11.4 Å². The molecule has 1 fully saturated rings. The monoisotopic (exact) mass is 353 g/mol. The number of phenols is 1. The SMILES string of the molecule is O=C1CCN(C2CCCCC2)c2nc(Nc3ccc(O)cc3)ncc2N1. The molecule has 7 heteroatoms. The summed E-state index contributed by atoms with van der Waals surface area (Å²) in [6.45, 7) is 0.680. The molecule has 0 radical (unpaired) electrons. The molecule has 1 aliphatic carbocycles. The summed E-state index contributed by atoms with van der Waals surface area (Å²) >= 11 is 0. The van der Waals surface area contributed by atoms with E-state index in [0.717, 1.165) is 24.3 Å². The maximum atomic E-state index is 12.0. The maximum absolute atomic E-state index is 12.0. The van der Waals surface area contributed by atoms with Crippen LogP contribution >= 0.6 is 0 Å². The van der Waals surface area contributed by atoms with Gasteiger partial charge in [-0.3, -0.25) is 4.79 Å². The van der Waals surface area contributed by atoms with Crippen LogP contribution in [0, 0.1) is 0 Å². The third-order valence-corrected chi connectivity index (χ3v) is 5.03. The van der Waals surface area contributed by atoms with Crippen LogP contribution in [0.25, 0.3) is 0 Å². The zero-order chi connectivity index (χ0) is 17.9. The van der Waals surface area contributed by atoms with Gasteiger partial charge in [0.2, 0.25) is 11.9 Å². The minimum atomic E-state index is 0.00685. The molecule has 7 nitrogen and oxygen atoms in total. The number of benzene rings is 1. The van der Waals surface area contributed by atoms with E-state index in [2.05, 4.69) is 20.5 Å². The van der Waals surface area contributed by atoms with Gasteiger partial charge in [-0.05, 0) is 37.1 Å². The molecule has 2 aromatic rings. The van der Waals surface area contributed by atoms with E-state index in [1.165, 1.54) is 19.3 Å². The summed E-state index contributed by atoms with van der Waals surface area (Å²) in [5.74, 6) is 1.49. The number of phenolic OH excluding ortho intramolecular Hbond substituents is 1. The van der Waals surface area contributed by atoms with E-state index in [-0.39, 0.29) is 11.7 Å². The third-order valence-electron chi connectivity index (χ3n) is 5.03. The standard InChI is InChI=1S/C19H23N5O2/c25-15-8-6-13(7-9-15)21-19-20-12-16-18(23-19)24(11-10-17(26)22-16)14-4-2-1-3-5-14/h6-9,12,14,25H,1-5,10-11H2,(H,22,26)(H,20,21,23). The molecular weight excluding hydrogens is 330 g/mol. The molecule has 2 heterocycles. The second-order valence-corrected chi connectivity index (χ2v) is 6.89. The molecule has 2 aliphatic rings. The second-order valence-electron chi connectivity index (χ2n) is 6.89. The summed E-state index contributed by atoms with van der Waals surface area (Å²) in [4.78, 5) is 23.4. The van der Waals surface area contributed by atoms with Crippen LogP contribution in [-0.2, 0) is 4.79 Å². The molecule has 0 spiro atoms. The van der Waals surface area contributed by atoms with E-state index in [1.54, 1.807) is 30.5 Å². The quantitative estimate of drug-likeness (QED) is 0.733. The number of hydrogen-bond donors (Lipinski definition) is 3. The Balaban J connectivity index is 1.64. The van der Waals surface area contributed by atoms with Crippen molar-refractivity contribution in [2.45, 2.75) is 44.6 Å². The molecule has 0 bridgehead atoms. The fourth-order valence-corrected chi connectivity index (χ4v) is 3.70. The first-order valence-electron chi connectivity index (χ1n) is 9.18. The normalized spacial score (nSPS) is 18.0. The van der Waals surface area contributed by atoms with Crippen LogP contribution in [-0.4, -0.2) is 33.6 Å². The summed E-state index contributed by atoms with van der Waals surface area (Å²) < 4.78 is 0. The highest BCUT2D eigenvalue weighted by atomic mass is 16.3. The van der Waals surface area contributed by atoms with Gasteiger partial charge in [0.05, 0.1) is 6.20 Å². The lowest BCUT2D eigenvalue weighted by Crippen LogP contribution is -2.38. The van der Waals surface area contributed by atoms with Crippen LogP contribution in [0.5, 0.6) is 5.75 Å². The molecular formula is C19H23N5O2. The summed E-state index contributed by atoms with van der Waals surface area (Å²) in [7, 11) is 0. The molecule has 0 atom stereocenters. The van der Waals surface area contributed by atoms with Crippen LogP contribution in [0.1, 0.15) is 38.5 Å². The number of hydrogen-bond acceptors (Lipinski definition) is 6. The van der Waals surface area contributed by atoms with E-state index in [9.17, 15) is 9.90 Å². The average molecular weight is 353 g/mol. The Morgan fingerprint density at radius 1 is 1.15 bits per heavy atom. The van der Waals surface area contributed by atoms with Gasteiger partial charge < -0.3 is 20.6 Å². The van der Waals surface area contributed by atoms with Crippen molar-refractivity contribution in [3.8, 4) is 5.75 Å². The number of rotatable bonds is 3. The second kappa shape index (κ2) is 7.19. The highest BCUT2D eigenvalue weighted by Gasteiger charge is 2.28.